The van der Waals surface area contributed by atoms with Crippen molar-refractivity contribution in [1.82, 2.24) is 0 Å². The third-order valence-corrected chi connectivity index (χ3v) is 0.474. The number of carboxylic acids is 1. The Hall–Kier alpha value is -0.115. The average Bonchev–Trinajstić information content (AvgIpc) is 1.36. The lowest BCUT2D eigenvalue weighted by atomic mass is 10.1. The Bertz CT molecular complexity index is 62.6. The van der Waals surface area contributed by atoms with Gasteiger partial charge in [0, 0.05) is 0 Å². The zero-order valence-electron chi connectivity index (χ0n) is 2.96. The first-order valence-electron chi connectivity index (χ1n) is 1.31. The molecule has 0 saturated heterocycles. The van der Waals surface area contributed by atoms with Gasteiger partial charge in [0.25, 0.3) is 0 Å². The summed E-state index contributed by atoms with van der Waals surface area (Å²) >= 11 is 3.37. The van der Waals surface area contributed by atoms with Crippen LogP contribution in [0.15, 0.2) is 0 Å². The summed E-state index contributed by atoms with van der Waals surface area (Å²) in [5.41, 5.74) is 0. The second kappa shape index (κ2) is 2.13. The molecule has 0 aromatic carbocycles. The summed E-state index contributed by atoms with van der Waals surface area (Å²) in [6, 6.07) is 0. The lowest BCUT2D eigenvalue weighted by molar-refractivity contribution is -0.134. The van der Waals surface area contributed by atoms with Gasteiger partial charge in [-0.05, 0) is 0 Å². The second-order valence-corrected chi connectivity index (χ2v) is 1.34. The van der Waals surface area contributed by atoms with Gasteiger partial charge in [-0.25, -0.2) is 0 Å². The summed E-state index contributed by atoms with van der Waals surface area (Å²) in [6.07, 6.45) is 0. The number of carbonyl (C=O) groups is 1. The lowest BCUT2D eigenvalue weighted by Gasteiger charge is -1.88. The number of carboxylic acid groups (broad SMARTS) is 1. The molecule has 1 atom stereocenters. The van der Waals surface area contributed by atoms with Gasteiger partial charge in [-0.1, -0.05) is 0 Å². The quantitative estimate of drug-likeness (QED) is 0.345. The standard InChI is InChI=1S/C2H3BO2S/c3-1(6)2(4)5/h1,6H,(H,4,5). The van der Waals surface area contributed by atoms with Crippen molar-refractivity contribution in [3.8, 4) is 0 Å². The van der Waals surface area contributed by atoms with E-state index in [4.69, 9.17) is 13.0 Å². The zero-order valence-corrected chi connectivity index (χ0v) is 3.85. The summed E-state index contributed by atoms with van der Waals surface area (Å²) in [6.45, 7) is 0. The van der Waals surface area contributed by atoms with Crippen LogP contribution < -0.4 is 0 Å². The van der Waals surface area contributed by atoms with Crippen molar-refractivity contribution in [2.45, 2.75) is 5.15 Å². The number of thiol groups is 1. The molecule has 0 aromatic rings. The number of aliphatic carboxylic acids is 1. The number of rotatable bonds is 1. The van der Waals surface area contributed by atoms with Gasteiger partial charge in [-0.3, -0.25) is 4.79 Å². The molecule has 6 heavy (non-hydrogen) atoms. The third-order valence-electron chi connectivity index (χ3n) is 0.253. The molecule has 0 fully saturated rings. The van der Waals surface area contributed by atoms with Gasteiger partial charge < -0.3 is 5.11 Å². The Labute approximate surface area is 42.4 Å². The van der Waals surface area contributed by atoms with Gasteiger partial charge in [-0.15, -0.1) is 0 Å². The SMILES string of the molecule is [B]C(S)C(=O)O. The van der Waals surface area contributed by atoms with Crippen molar-refractivity contribution in [1.29, 1.82) is 0 Å². The minimum absolute atomic E-state index is 1.04. The Morgan fingerprint density at radius 3 is 2.17 bits per heavy atom. The van der Waals surface area contributed by atoms with Gasteiger partial charge in [0.1, 0.15) is 7.85 Å². The molecule has 0 aliphatic carbocycles. The first-order valence-corrected chi connectivity index (χ1v) is 1.82. The van der Waals surface area contributed by atoms with Gasteiger partial charge in [-0.2, -0.15) is 12.6 Å². The molecule has 0 spiro atoms. The van der Waals surface area contributed by atoms with E-state index in [1.54, 1.807) is 0 Å². The molecule has 0 heterocycles. The molecule has 0 saturated carbocycles. The second-order valence-electron chi connectivity index (χ2n) is 0.783. The predicted octanol–water partition coefficient (Wildman–Crippen LogP) is -0.505. The van der Waals surface area contributed by atoms with E-state index in [9.17, 15) is 4.79 Å². The van der Waals surface area contributed by atoms with Crippen molar-refractivity contribution in [3.63, 3.8) is 0 Å². The molecule has 1 N–H and O–H groups in total. The van der Waals surface area contributed by atoms with Gasteiger partial charge >= 0.3 is 5.97 Å². The Morgan fingerprint density at radius 1 is 2.00 bits per heavy atom. The normalized spacial score (nSPS) is 13.5. The highest BCUT2D eigenvalue weighted by atomic mass is 32.1. The molecule has 1 unspecified atom stereocenters. The predicted molar refractivity (Wildman–Crippen MR) is 26.2 cm³/mol. The van der Waals surface area contributed by atoms with E-state index in [1.165, 1.54) is 0 Å². The van der Waals surface area contributed by atoms with Crippen LogP contribution in [0.2, 0.25) is 0 Å². The summed E-state index contributed by atoms with van der Waals surface area (Å²) in [5.74, 6) is -1.10. The molecule has 0 aromatic heterocycles. The highest BCUT2D eigenvalue weighted by molar-refractivity contribution is 7.83. The molecule has 2 radical (unpaired) electrons. The third kappa shape index (κ3) is 2.14. The maximum Gasteiger partial charge on any atom is 0.307 e. The summed E-state index contributed by atoms with van der Waals surface area (Å²) in [5, 5.41) is 6.75. The van der Waals surface area contributed by atoms with Gasteiger partial charge in [0.05, 0.1) is 5.15 Å². The van der Waals surface area contributed by atoms with E-state index in [-0.39, 0.29) is 0 Å². The van der Waals surface area contributed by atoms with Crippen LogP contribution in [0.25, 0.3) is 0 Å². The molecule has 2 nitrogen and oxygen atoms in total. The topological polar surface area (TPSA) is 37.3 Å². The van der Waals surface area contributed by atoms with E-state index in [0.29, 0.717) is 0 Å². The first-order chi connectivity index (χ1) is 2.64. The van der Waals surface area contributed by atoms with Crippen LogP contribution in [0, 0.1) is 0 Å². The number of hydrogen-bond acceptors (Lipinski definition) is 2. The van der Waals surface area contributed by atoms with E-state index < -0.39 is 11.1 Å². The van der Waals surface area contributed by atoms with Crippen molar-refractivity contribution < 1.29 is 9.90 Å². The van der Waals surface area contributed by atoms with Gasteiger partial charge in [0.15, 0.2) is 0 Å². The smallest absolute Gasteiger partial charge is 0.307 e. The Morgan fingerprint density at radius 2 is 2.17 bits per heavy atom. The molecule has 0 aliphatic rings. The maximum atomic E-state index is 9.50. The van der Waals surface area contributed by atoms with Crippen LogP contribution in [0.1, 0.15) is 0 Å². The largest absolute Gasteiger partial charge is 0.481 e. The average molecular weight is 102 g/mol. The number of hydrogen-bond donors (Lipinski definition) is 2. The molecule has 0 rings (SSSR count). The molecule has 32 valence electrons. The first kappa shape index (κ1) is 5.88. The molecule has 4 heteroatoms. The summed E-state index contributed by atoms with van der Waals surface area (Å²) < 4.78 is 0. The van der Waals surface area contributed by atoms with Crippen LogP contribution in [0.5, 0.6) is 0 Å². The van der Waals surface area contributed by atoms with E-state index in [1.807, 2.05) is 0 Å². The highest BCUT2D eigenvalue weighted by Gasteiger charge is 1.99. The van der Waals surface area contributed by atoms with Crippen molar-refractivity contribution >= 4 is 26.4 Å². The molecule has 0 amide bonds. The summed E-state index contributed by atoms with van der Waals surface area (Å²) in [4.78, 5) is 9.50. The van der Waals surface area contributed by atoms with Crippen LogP contribution in [-0.4, -0.2) is 24.1 Å². The molecular formula is C2H3BO2S. The van der Waals surface area contributed by atoms with Crippen LogP contribution in [-0.2, 0) is 4.79 Å². The Balaban J connectivity index is 3.26. The summed E-state index contributed by atoms with van der Waals surface area (Å²) in [7, 11) is 4.70. The minimum Gasteiger partial charge on any atom is -0.481 e. The Kier molecular flexibility index (Phi) is 2.09. The van der Waals surface area contributed by atoms with E-state index >= 15 is 0 Å². The van der Waals surface area contributed by atoms with Crippen LogP contribution in [0.4, 0.5) is 0 Å². The van der Waals surface area contributed by atoms with E-state index in [2.05, 4.69) is 12.6 Å². The fourth-order valence-electron chi connectivity index (χ4n) is 0. The molecule has 0 aliphatic heterocycles. The van der Waals surface area contributed by atoms with E-state index in [0.717, 1.165) is 0 Å². The van der Waals surface area contributed by atoms with Crippen molar-refractivity contribution in [2.75, 3.05) is 0 Å². The van der Waals surface area contributed by atoms with Crippen LogP contribution in [0.3, 0.4) is 0 Å². The van der Waals surface area contributed by atoms with Crippen molar-refractivity contribution in [2.24, 2.45) is 0 Å². The highest BCUT2D eigenvalue weighted by Crippen LogP contribution is 1.83. The molecule has 0 bridgehead atoms. The maximum absolute atomic E-state index is 9.50. The fraction of sp³-hybridized carbons (Fsp3) is 0.500. The zero-order chi connectivity index (χ0) is 5.15. The van der Waals surface area contributed by atoms with Crippen molar-refractivity contribution in [3.05, 3.63) is 0 Å². The fourth-order valence-corrected chi connectivity index (χ4v) is 0. The lowest BCUT2D eigenvalue weighted by Crippen LogP contribution is -2.11. The van der Waals surface area contributed by atoms with Gasteiger partial charge in [0.2, 0.25) is 0 Å². The minimum atomic E-state index is -1.10. The molecular weight excluding hydrogens is 98.9 g/mol. The monoisotopic (exact) mass is 102 g/mol. The van der Waals surface area contributed by atoms with Crippen LogP contribution >= 0.6 is 12.6 Å².